The third kappa shape index (κ3) is 3.06. The van der Waals surface area contributed by atoms with Gasteiger partial charge in [-0.25, -0.2) is 0 Å². The standard InChI is InChI=1S/C20H18ClN3/c1-13-5-4-6-16(9-13)12-24-15(3)20(14(2)23-24)17-7-8-18(11-22)19(21)10-17/h4-10H,12H2,1-3H3. The van der Waals surface area contributed by atoms with Crippen LogP contribution in [-0.4, -0.2) is 9.78 Å². The molecule has 3 rings (SSSR count). The lowest BCUT2D eigenvalue weighted by Gasteiger charge is -2.07. The Morgan fingerprint density at radius 1 is 1.12 bits per heavy atom. The molecule has 0 aliphatic heterocycles. The highest BCUT2D eigenvalue weighted by Gasteiger charge is 2.15. The molecule has 0 unspecified atom stereocenters. The molecule has 3 aromatic rings. The summed E-state index contributed by atoms with van der Waals surface area (Å²) in [6, 6.07) is 16.1. The molecule has 0 saturated carbocycles. The first-order valence-corrected chi connectivity index (χ1v) is 8.17. The van der Waals surface area contributed by atoms with Gasteiger partial charge in [-0.1, -0.05) is 47.5 Å². The molecule has 0 atom stereocenters. The Morgan fingerprint density at radius 3 is 2.58 bits per heavy atom. The van der Waals surface area contributed by atoms with Crippen LogP contribution in [0.15, 0.2) is 42.5 Å². The van der Waals surface area contributed by atoms with Gasteiger partial charge in [-0.05, 0) is 44.0 Å². The number of halogens is 1. The van der Waals surface area contributed by atoms with Crippen LogP contribution in [0.3, 0.4) is 0 Å². The van der Waals surface area contributed by atoms with Gasteiger partial charge in [0, 0.05) is 11.3 Å². The topological polar surface area (TPSA) is 41.6 Å². The van der Waals surface area contributed by atoms with Crippen molar-refractivity contribution in [2.45, 2.75) is 27.3 Å². The van der Waals surface area contributed by atoms with Crippen molar-refractivity contribution in [3.8, 4) is 17.2 Å². The van der Waals surface area contributed by atoms with E-state index >= 15 is 0 Å². The summed E-state index contributed by atoms with van der Waals surface area (Å²) in [6.07, 6.45) is 0. The minimum atomic E-state index is 0.472. The van der Waals surface area contributed by atoms with Gasteiger partial charge >= 0.3 is 0 Å². The van der Waals surface area contributed by atoms with Gasteiger partial charge in [-0.15, -0.1) is 0 Å². The number of benzene rings is 2. The smallest absolute Gasteiger partial charge is 0.101 e. The zero-order chi connectivity index (χ0) is 17.3. The molecule has 0 fully saturated rings. The SMILES string of the molecule is Cc1cccc(Cn2nc(C)c(-c3ccc(C#N)c(Cl)c3)c2C)c1. The third-order valence-electron chi connectivity index (χ3n) is 4.17. The van der Waals surface area contributed by atoms with Gasteiger partial charge in [0.25, 0.3) is 0 Å². The molecule has 120 valence electrons. The van der Waals surface area contributed by atoms with Gasteiger partial charge in [0.1, 0.15) is 6.07 Å². The van der Waals surface area contributed by atoms with Crippen molar-refractivity contribution in [2.24, 2.45) is 0 Å². The molecule has 0 amide bonds. The number of nitrogens with zero attached hydrogens (tertiary/aromatic N) is 3. The van der Waals surface area contributed by atoms with Gasteiger partial charge in [0.05, 0.1) is 22.8 Å². The van der Waals surface area contributed by atoms with Crippen molar-refractivity contribution in [2.75, 3.05) is 0 Å². The zero-order valence-corrected chi connectivity index (χ0v) is 14.7. The van der Waals surface area contributed by atoms with Crippen LogP contribution in [-0.2, 0) is 6.54 Å². The Balaban J connectivity index is 2.01. The summed E-state index contributed by atoms with van der Waals surface area (Å²) in [7, 11) is 0. The molecular formula is C20H18ClN3. The number of aryl methyl sites for hydroxylation is 2. The van der Waals surface area contributed by atoms with Gasteiger partial charge in [0.2, 0.25) is 0 Å². The lowest BCUT2D eigenvalue weighted by Crippen LogP contribution is -2.04. The predicted octanol–water partition coefficient (Wildman–Crippen LogP) is 5.05. The maximum atomic E-state index is 9.03. The van der Waals surface area contributed by atoms with E-state index in [1.165, 1.54) is 11.1 Å². The largest absolute Gasteiger partial charge is 0.265 e. The Hall–Kier alpha value is -2.57. The van der Waals surface area contributed by atoms with Crippen LogP contribution in [0.25, 0.3) is 11.1 Å². The molecule has 0 N–H and O–H groups in total. The molecule has 24 heavy (non-hydrogen) atoms. The lowest BCUT2D eigenvalue weighted by molar-refractivity contribution is 0.659. The Bertz CT molecular complexity index is 948. The molecule has 0 aliphatic carbocycles. The molecule has 0 bridgehead atoms. The van der Waals surface area contributed by atoms with Gasteiger partial charge < -0.3 is 0 Å². The molecule has 0 aliphatic rings. The van der Waals surface area contributed by atoms with E-state index < -0.39 is 0 Å². The van der Waals surface area contributed by atoms with Crippen molar-refractivity contribution in [3.63, 3.8) is 0 Å². The van der Waals surface area contributed by atoms with Crippen LogP contribution in [0, 0.1) is 32.1 Å². The number of aromatic nitrogens is 2. The minimum absolute atomic E-state index is 0.472. The number of hydrogen-bond acceptors (Lipinski definition) is 2. The molecular weight excluding hydrogens is 318 g/mol. The molecule has 0 radical (unpaired) electrons. The summed E-state index contributed by atoms with van der Waals surface area (Å²) in [5, 5.41) is 14.2. The third-order valence-corrected chi connectivity index (χ3v) is 4.49. The lowest BCUT2D eigenvalue weighted by atomic mass is 10.0. The normalized spacial score (nSPS) is 10.6. The fourth-order valence-electron chi connectivity index (χ4n) is 3.01. The summed E-state index contributed by atoms with van der Waals surface area (Å²) in [5.74, 6) is 0. The first-order chi connectivity index (χ1) is 11.5. The minimum Gasteiger partial charge on any atom is -0.265 e. The Morgan fingerprint density at radius 2 is 1.92 bits per heavy atom. The fourth-order valence-corrected chi connectivity index (χ4v) is 3.24. The summed E-state index contributed by atoms with van der Waals surface area (Å²) in [4.78, 5) is 0. The van der Waals surface area contributed by atoms with Crippen molar-refractivity contribution in [3.05, 3.63) is 75.6 Å². The highest BCUT2D eigenvalue weighted by Crippen LogP contribution is 2.30. The second-order valence-electron chi connectivity index (χ2n) is 6.00. The Kier molecular flexibility index (Phi) is 4.42. The zero-order valence-electron chi connectivity index (χ0n) is 14.0. The Labute approximate surface area is 147 Å². The van der Waals surface area contributed by atoms with Gasteiger partial charge in [-0.3, -0.25) is 4.68 Å². The van der Waals surface area contributed by atoms with Crippen LogP contribution in [0.5, 0.6) is 0 Å². The van der Waals surface area contributed by atoms with Crippen molar-refractivity contribution in [1.82, 2.24) is 9.78 Å². The molecule has 4 heteroatoms. The molecule has 2 aromatic carbocycles. The van der Waals surface area contributed by atoms with Crippen LogP contribution >= 0.6 is 11.6 Å². The maximum Gasteiger partial charge on any atom is 0.101 e. The summed E-state index contributed by atoms with van der Waals surface area (Å²) in [6.45, 7) is 6.89. The highest BCUT2D eigenvalue weighted by molar-refractivity contribution is 6.32. The van der Waals surface area contributed by atoms with Crippen molar-refractivity contribution >= 4 is 11.6 Å². The average Bonchev–Trinajstić information content (AvgIpc) is 2.81. The first kappa shape index (κ1) is 16.3. The first-order valence-electron chi connectivity index (χ1n) is 7.79. The van der Waals surface area contributed by atoms with Crippen molar-refractivity contribution in [1.29, 1.82) is 5.26 Å². The summed E-state index contributed by atoms with van der Waals surface area (Å²) >= 11 is 6.19. The summed E-state index contributed by atoms with van der Waals surface area (Å²) < 4.78 is 2.02. The molecule has 0 saturated heterocycles. The van der Waals surface area contributed by atoms with Crippen LogP contribution in [0.4, 0.5) is 0 Å². The number of rotatable bonds is 3. The summed E-state index contributed by atoms with van der Waals surface area (Å²) in [5.41, 5.74) is 7.08. The maximum absolute atomic E-state index is 9.03. The van der Waals surface area contributed by atoms with Crippen molar-refractivity contribution < 1.29 is 0 Å². The van der Waals surface area contributed by atoms with Crippen LogP contribution < -0.4 is 0 Å². The highest BCUT2D eigenvalue weighted by atomic mass is 35.5. The quantitative estimate of drug-likeness (QED) is 0.672. The van der Waals surface area contributed by atoms with E-state index in [-0.39, 0.29) is 0 Å². The molecule has 1 aromatic heterocycles. The predicted molar refractivity (Wildman–Crippen MR) is 97.1 cm³/mol. The second-order valence-corrected chi connectivity index (χ2v) is 6.41. The average molecular weight is 336 g/mol. The molecule has 1 heterocycles. The van der Waals surface area contributed by atoms with E-state index in [0.29, 0.717) is 10.6 Å². The fraction of sp³-hybridized carbons (Fsp3) is 0.200. The van der Waals surface area contributed by atoms with E-state index in [2.05, 4.69) is 44.2 Å². The number of nitriles is 1. The van der Waals surface area contributed by atoms with Crippen LogP contribution in [0.1, 0.15) is 28.1 Å². The van der Waals surface area contributed by atoms with Gasteiger partial charge in [0.15, 0.2) is 0 Å². The van der Waals surface area contributed by atoms with E-state index in [1.54, 1.807) is 6.07 Å². The second kappa shape index (κ2) is 6.51. The number of hydrogen-bond donors (Lipinski definition) is 0. The van der Waals surface area contributed by atoms with Crippen LogP contribution in [0.2, 0.25) is 5.02 Å². The monoisotopic (exact) mass is 335 g/mol. The molecule has 3 nitrogen and oxygen atoms in total. The van der Waals surface area contributed by atoms with E-state index in [1.807, 2.05) is 23.7 Å². The molecule has 0 spiro atoms. The van der Waals surface area contributed by atoms with E-state index in [9.17, 15) is 0 Å². The van der Waals surface area contributed by atoms with Gasteiger partial charge in [-0.2, -0.15) is 10.4 Å². The van der Waals surface area contributed by atoms with E-state index in [0.717, 1.165) is 29.1 Å². The van der Waals surface area contributed by atoms with E-state index in [4.69, 9.17) is 22.0 Å².